The van der Waals surface area contributed by atoms with Crippen LogP contribution in [0.5, 0.6) is 11.5 Å². The Kier molecular flexibility index (Phi) is 4.06. The van der Waals surface area contributed by atoms with Gasteiger partial charge in [0.2, 0.25) is 16.8 Å². The van der Waals surface area contributed by atoms with Gasteiger partial charge >= 0.3 is 0 Å². The SMILES string of the molecule is O=C(c1ccc2c(c1)OCO2)N1CC2CC1CC2NS(=O)(=O)c1ccccc1. The first kappa shape index (κ1) is 17.5. The van der Waals surface area contributed by atoms with E-state index >= 15 is 0 Å². The maximum Gasteiger partial charge on any atom is 0.254 e. The van der Waals surface area contributed by atoms with Gasteiger partial charge in [0.15, 0.2) is 11.5 Å². The summed E-state index contributed by atoms with van der Waals surface area (Å²) in [5, 5.41) is 0. The average molecular weight is 400 g/mol. The summed E-state index contributed by atoms with van der Waals surface area (Å²) in [5.41, 5.74) is 0.568. The molecule has 2 aromatic rings. The van der Waals surface area contributed by atoms with Gasteiger partial charge in [-0.05, 0) is 49.1 Å². The molecule has 3 aliphatic rings. The molecule has 0 aromatic heterocycles. The molecule has 3 atom stereocenters. The third-order valence-corrected chi connectivity index (χ3v) is 7.29. The van der Waals surface area contributed by atoms with E-state index in [1.807, 2.05) is 4.90 Å². The molecule has 2 aliphatic heterocycles. The molecule has 2 fully saturated rings. The molecule has 1 aliphatic carbocycles. The van der Waals surface area contributed by atoms with Crippen LogP contribution in [-0.2, 0) is 10.0 Å². The first-order valence-corrected chi connectivity index (χ1v) is 10.8. The van der Waals surface area contributed by atoms with Gasteiger partial charge in [-0.2, -0.15) is 0 Å². The van der Waals surface area contributed by atoms with Crippen LogP contribution in [0.2, 0.25) is 0 Å². The highest BCUT2D eigenvalue weighted by Gasteiger charge is 2.47. The Morgan fingerprint density at radius 3 is 2.57 bits per heavy atom. The molecule has 28 heavy (non-hydrogen) atoms. The van der Waals surface area contributed by atoms with Crippen LogP contribution < -0.4 is 14.2 Å². The quantitative estimate of drug-likeness (QED) is 0.849. The lowest BCUT2D eigenvalue weighted by Crippen LogP contribution is -2.47. The van der Waals surface area contributed by atoms with E-state index in [0.717, 1.165) is 6.42 Å². The van der Waals surface area contributed by atoms with Crippen molar-refractivity contribution in [3.05, 3.63) is 54.1 Å². The molecule has 2 bridgehead atoms. The molecular weight excluding hydrogens is 380 g/mol. The highest BCUT2D eigenvalue weighted by molar-refractivity contribution is 7.89. The van der Waals surface area contributed by atoms with Crippen molar-refractivity contribution in [3.63, 3.8) is 0 Å². The molecular formula is C20H20N2O5S. The predicted molar refractivity (Wildman–Crippen MR) is 101 cm³/mol. The van der Waals surface area contributed by atoms with Crippen molar-refractivity contribution in [2.75, 3.05) is 13.3 Å². The monoisotopic (exact) mass is 400 g/mol. The predicted octanol–water partition coefficient (Wildman–Crippen LogP) is 2.00. The number of ether oxygens (including phenoxy) is 2. The Morgan fingerprint density at radius 2 is 1.82 bits per heavy atom. The number of hydrogen-bond acceptors (Lipinski definition) is 5. The number of carbonyl (C=O) groups is 1. The van der Waals surface area contributed by atoms with Gasteiger partial charge in [0.1, 0.15) is 0 Å². The van der Waals surface area contributed by atoms with E-state index in [2.05, 4.69) is 4.72 Å². The minimum atomic E-state index is -3.55. The summed E-state index contributed by atoms with van der Waals surface area (Å²) >= 11 is 0. The zero-order valence-corrected chi connectivity index (χ0v) is 15.9. The minimum Gasteiger partial charge on any atom is -0.454 e. The van der Waals surface area contributed by atoms with Gasteiger partial charge in [-0.25, -0.2) is 13.1 Å². The van der Waals surface area contributed by atoms with E-state index in [-0.39, 0.29) is 35.6 Å². The molecule has 1 saturated carbocycles. The number of nitrogens with one attached hydrogen (secondary N) is 1. The van der Waals surface area contributed by atoms with Crippen LogP contribution in [0.4, 0.5) is 0 Å². The summed E-state index contributed by atoms with van der Waals surface area (Å²) < 4.78 is 38.7. The fraction of sp³-hybridized carbons (Fsp3) is 0.350. The normalized spacial score (nSPS) is 25.3. The Morgan fingerprint density at radius 1 is 1.04 bits per heavy atom. The number of fused-ring (bicyclic) bond motifs is 3. The fourth-order valence-electron chi connectivity index (χ4n) is 4.41. The molecule has 0 radical (unpaired) electrons. The van der Waals surface area contributed by atoms with Gasteiger partial charge in [-0.15, -0.1) is 0 Å². The van der Waals surface area contributed by atoms with Crippen molar-refractivity contribution >= 4 is 15.9 Å². The number of benzene rings is 2. The molecule has 3 unspecified atom stereocenters. The van der Waals surface area contributed by atoms with Gasteiger partial charge in [-0.1, -0.05) is 18.2 Å². The van der Waals surface area contributed by atoms with E-state index in [1.165, 1.54) is 0 Å². The summed E-state index contributed by atoms with van der Waals surface area (Å²) in [4.78, 5) is 15.1. The van der Waals surface area contributed by atoms with Crippen LogP contribution in [-0.4, -0.2) is 44.6 Å². The maximum atomic E-state index is 12.9. The number of amides is 1. The third-order valence-electron chi connectivity index (χ3n) is 5.78. The van der Waals surface area contributed by atoms with Crippen LogP contribution in [0.25, 0.3) is 0 Å². The van der Waals surface area contributed by atoms with Crippen molar-refractivity contribution < 1.29 is 22.7 Å². The van der Waals surface area contributed by atoms with Crippen molar-refractivity contribution in [2.24, 2.45) is 5.92 Å². The Hall–Kier alpha value is -2.58. The van der Waals surface area contributed by atoms with Crippen LogP contribution >= 0.6 is 0 Å². The molecule has 5 rings (SSSR count). The third kappa shape index (κ3) is 2.93. The topological polar surface area (TPSA) is 84.9 Å². The van der Waals surface area contributed by atoms with E-state index in [4.69, 9.17) is 9.47 Å². The zero-order valence-electron chi connectivity index (χ0n) is 15.1. The van der Waals surface area contributed by atoms with Crippen LogP contribution in [0.1, 0.15) is 23.2 Å². The lowest BCUT2D eigenvalue weighted by Gasteiger charge is -2.32. The van der Waals surface area contributed by atoms with Crippen molar-refractivity contribution in [1.29, 1.82) is 0 Å². The van der Waals surface area contributed by atoms with Gasteiger partial charge in [0, 0.05) is 24.2 Å². The Bertz CT molecular complexity index is 1020. The molecule has 7 nitrogen and oxygen atoms in total. The number of rotatable bonds is 4. The molecule has 1 amide bonds. The standard InChI is InChI=1S/C20H20N2O5S/c23-20(13-6-7-18-19(9-13)27-12-26-18)22-11-14-8-15(22)10-17(14)21-28(24,25)16-4-2-1-3-5-16/h1-7,9,14-15,17,21H,8,10-12H2. The highest BCUT2D eigenvalue weighted by atomic mass is 32.2. The summed E-state index contributed by atoms with van der Waals surface area (Å²) in [5.74, 6) is 1.31. The maximum absolute atomic E-state index is 12.9. The fourth-order valence-corrected chi connectivity index (χ4v) is 5.75. The van der Waals surface area contributed by atoms with Gasteiger partial charge in [0.25, 0.3) is 5.91 Å². The van der Waals surface area contributed by atoms with E-state index in [1.54, 1.807) is 48.5 Å². The Balaban J connectivity index is 1.28. The molecule has 0 spiro atoms. The molecule has 146 valence electrons. The van der Waals surface area contributed by atoms with E-state index < -0.39 is 10.0 Å². The van der Waals surface area contributed by atoms with Crippen LogP contribution in [0.3, 0.4) is 0 Å². The summed E-state index contributed by atoms with van der Waals surface area (Å²) in [7, 11) is -3.55. The molecule has 1 saturated heterocycles. The summed E-state index contributed by atoms with van der Waals surface area (Å²) in [6, 6.07) is 13.5. The smallest absolute Gasteiger partial charge is 0.254 e. The average Bonchev–Trinajstić information content (AvgIpc) is 3.42. The second kappa shape index (κ2) is 6.49. The molecule has 1 N–H and O–H groups in total. The summed E-state index contributed by atoms with van der Waals surface area (Å²) in [6.45, 7) is 0.727. The molecule has 2 aromatic carbocycles. The first-order valence-electron chi connectivity index (χ1n) is 9.29. The number of nitrogens with zero attached hydrogens (tertiary/aromatic N) is 1. The van der Waals surface area contributed by atoms with Crippen LogP contribution in [0, 0.1) is 5.92 Å². The number of likely N-dealkylation sites (tertiary alicyclic amines) is 1. The number of piperidine rings is 1. The highest BCUT2D eigenvalue weighted by Crippen LogP contribution is 2.40. The minimum absolute atomic E-state index is 0.0461. The van der Waals surface area contributed by atoms with Crippen molar-refractivity contribution in [3.8, 4) is 11.5 Å². The second-order valence-electron chi connectivity index (χ2n) is 7.45. The van der Waals surface area contributed by atoms with Crippen molar-refractivity contribution in [2.45, 2.75) is 29.8 Å². The lowest BCUT2D eigenvalue weighted by molar-refractivity contribution is 0.0691. The van der Waals surface area contributed by atoms with Gasteiger partial charge in [-0.3, -0.25) is 4.79 Å². The summed E-state index contributed by atoms with van der Waals surface area (Å²) in [6.07, 6.45) is 1.45. The number of hydrogen-bond donors (Lipinski definition) is 1. The van der Waals surface area contributed by atoms with Gasteiger partial charge in [0.05, 0.1) is 4.90 Å². The molecule has 8 heteroatoms. The second-order valence-corrected chi connectivity index (χ2v) is 9.17. The first-order chi connectivity index (χ1) is 13.5. The largest absolute Gasteiger partial charge is 0.454 e. The number of carbonyl (C=O) groups excluding carboxylic acids is 1. The van der Waals surface area contributed by atoms with E-state index in [0.29, 0.717) is 30.0 Å². The lowest BCUT2D eigenvalue weighted by atomic mass is 10.0. The number of sulfonamides is 1. The Labute approximate surface area is 163 Å². The zero-order chi connectivity index (χ0) is 19.3. The van der Waals surface area contributed by atoms with Gasteiger partial charge < -0.3 is 14.4 Å². The van der Waals surface area contributed by atoms with E-state index in [9.17, 15) is 13.2 Å². The van der Waals surface area contributed by atoms with Crippen molar-refractivity contribution in [1.82, 2.24) is 9.62 Å². The molecule has 2 heterocycles. The van der Waals surface area contributed by atoms with Crippen LogP contribution in [0.15, 0.2) is 53.4 Å².